The van der Waals surface area contributed by atoms with Crippen molar-refractivity contribution in [3.05, 3.63) is 53.2 Å². The molecule has 1 N–H and O–H groups in total. The summed E-state index contributed by atoms with van der Waals surface area (Å²) in [5.74, 6) is 0.270. The van der Waals surface area contributed by atoms with Gasteiger partial charge in [0.05, 0.1) is 0 Å². The maximum absolute atomic E-state index is 12.8. The van der Waals surface area contributed by atoms with Gasteiger partial charge in [0.25, 0.3) is 0 Å². The Morgan fingerprint density at radius 2 is 2.18 bits per heavy atom. The van der Waals surface area contributed by atoms with Gasteiger partial charge in [0.1, 0.15) is 30.0 Å². The van der Waals surface area contributed by atoms with Crippen LogP contribution in [0.2, 0.25) is 5.22 Å². The maximum atomic E-state index is 12.8. The summed E-state index contributed by atoms with van der Waals surface area (Å²) in [4.78, 5) is 0. The summed E-state index contributed by atoms with van der Waals surface area (Å²) in [7, 11) is 0. The van der Waals surface area contributed by atoms with Gasteiger partial charge in [-0.2, -0.15) is 0 Å². The normalized spacial score (nSPS) is 12.4. The molecule has 0 spiro atoms. The average Bonchev–Trinajstić information content (AvgIpc) is 2.73. The number of benzene rings is 1. The Morgan fingerprint density at radius 3 is 2.82 bits per heavy atom. The van der Waals surface area contributed by atoms with Crippen molar-refractivity contribution < 1.29 is 18.7 Å². The number of furan rings is 1. The van der Waals surface area contributed by atoms with Gasteiger partial charge in [0.15, 0.2) is 5.22 Å². The zero-order valence-electron chi connectivity index (χ0n) is 8.77. The van der Waals surface area contributed by atoms with Gasteiger partial charge in [0, 0.05) is 6.07 Å². The van der Waals surface area contributed by atoms with Gasteiger partial charge in [-0.1, -0.05) is 6.07 Å². The summed E-state index contributed by atoms with van der Waals surface area (Å²) in [6.45, 7) is -0.0344. The molecular formula is C12H10ClFO3. The first-order valence-corrected chi connectivity index (χ1v) is 5.34. The first-order chi connectivity index (χ1) is 8.15. The fourth-order valence-corrected chi connectivity index (χ4v) is 1.47. The highest BCUT2D eigenvalue weighted by atomic mass is 35.5. The Bertz CT molecular complexity index is 498. The lowest BCUT2D eigenvalue weighted by Gasteiger charge is -2.10. The van der Waals surface area contributed by atoms with Crippen molar-refractivity contribution in [2.45, 2.75) is 6.10 Å². The van der Waals surface area contributed by atoms with E-state index < -0.39 is 11.9 Å². The van der Waals surface area contributed by atoms with Crippen molar-refractivity contribution >= 4 is 11.6 Å². The second-order valence-corrected chi connectivity index (χ2v) is 3.80. The van der Waals surface area contributed by atoms with E-state index in [0.717, 1.165) is 0 Å². The highest BCUT2D eigenvalue weighted by molar-refractivity contribution is 6.28. The van der Waals surface area contributed by atoms with E-state index in [1.807, 2.05) is 0 Å². The molecule has 1 atom stereocenters. The molecule has 1 aromatic heterocycles. The molecule has 3 nitrogen and oxygen atoms in total. The molecule has 0 radical (unpaired) electrons. The Labute approximate surface area is 102 Å². The molecule has 17 heavy (non-hydrogen) atoms. The van der Waals surface area contributed by atoms with Gasteiger partial charge in [0.2, 0.25) is 0 Å². The Hall–Kier alpha value is -1.52. The summed E-state index contributed by atoms with van der Waals surface area (Å²) in [6, 6.07) is 8.77. The van der Waals surface area contributed by atoms with Gasteiger partial charge in [-0.3, -0.25) is 0 Å². The minimum atomic E-state index is -0.939. The molecular weight excluding hydrogens is 247 g/mol. The number of ether oxygens (including phenoxy) is 1. The minimum absolute atomic E-state index is 0.0344. The Balaban J connectivity index is 1.94. The molecule has 0 aliphatic carbocycles. The summed E-state index contributed by atoms with van der Waals surface area (Å²) in [6.07, 6.45) is -0.939. The van der Waals surface area contributed by atoms with E-state index in [2.05, 4.69) is 0 Å². The number of aliphatic hydroxyl groups excluding tert-OH is 1. The van der Waals surface area contributed by atoms with E-state index in [1.54, 1.807) is 12.1 Å². The molecule has 1 heterocycles. The molecule has 5 heteroatoms. The summed E-state index contributed by atoms with van der Waals surface area (Å²) < 4.78 is 23.1. The number of aliphatic hydroxyl groups is 1. The lowest BCUT2D eigenvalue weighted by atomic mass is 10.3. The van der Waals surface area contributed by atoms with E-state index in [4.69, 9.17) is 20.8 Å². The molecule has 2 rings (SSSR count). The molecule has 0 bridgehead atoms. The minimum Gasteiger partial charge on any atom is -0.490 e. The van der Waals surface area contributed by atoms with Crippen molar-refractivity contribution in [2.24, 2.45) is 0 Å². The molecule has 1 aromatic carbocycles. The molecule has 0 saturated heterocycles. The predicted molar refractivity (Wildman–Crippen MR) is 60.6 cm³/mol. The van der Waals surface area contributed by atoms with Crippen LogP contribution in [0, 0.1) is 5.82 Å². The average molecular weight is 257 g/mol. The standard InChI is InChI=1S/C12H10ClFO3/c13-12-5-4-11(17-12)10(15)7-16-9-3-1-2-8(14)6-9/h1-6,10,15H,7H2. The fraction of sp³-hybridized carbons (Fsp3) is 0.167. The van der Waals surface area contributed by atoms with Gasteiger partial charge < -0.3 is 14.3 Å². The summed E-state index contributed by atoms with van der Waals surface area (Å²) >= 11 is 5.57. The first-order valence-electron chi connectivity index (χ1n) is 4.97. The monoisotopic (exact) mass is 256 g/mol. The number of halogens is 2. The molecule has 1 unspecified atom stereocenters. The van der Waals surface area contributed by atoms with Crippen LogP contribution < -0.4 is 4.74 Å². The lowest BCUT2D eigenvalue weighted by molar-refractivity contribution is 0.0888. The molecule has 0 aliphatic heterocycles. The predicted octanol–water partition coefficient (Wildman–Crippen LogP) is 3.18. The quantitative estimate of drug-likeness (QED) is 0.914. The van der Waals surface area contributed by atoms with E-state index in [1.165, 1.54) is 24.3 Å². The van der Waals surface area contributed by atoms with Gasteiger partial charge in [-0.15, -0.1) is 0 Å². The van der Waals surface area contributed by atoms with Gasteiger partial charge >= 0.3 is 0 Å². The van der Waals surface area contributed by atoms with Crippen molar-refractivity contribution in [2.75, 3.05) is 6.61 Å². The van der Waals surface area contributed by atoms with Crippen LogP contribution in [0.3, 0.4) is 0 Å². The SMILES string of the molecule is OC(COc1cccc(F)c1)c1ccc(Cl)o1. The second kappa shape index (κ2) is 5.21. The van der Waals surface area contributed by atoms with Crippen LogP contribution in [0.1, 0.15) is 11.9 Å². The highest BCUT2D eigenvalue weighted by Gasteiger charge is 2.12. The molecule has 2 aromatic rings. The van der Waals surface area contributed by atoms with Gasteiger partial charge in [-0.25, -0.2) is 4.39 Å². The second-order valence-electron chi connectivity index (χ2n) is 3.43. The van der Waals surface area contributed by atoms with Crippen LogP contribution in [0.15, 0.2) is 40.8 Å². The largest absolute Gasteiger partial charge is 0.490 e. The fourth-order valence-electron chi connectivity index (χ4n) is 1.32. The maximum Gasteiger partial charge on any atom is 0.193 e. The third kappa shape index (κ3) is 3.22. The number of rotatable bonds is 4. The van der Waals surface area contributed by atoms with Crippen LogP contribution in [0.4, 0.5) is 4.39 Å². The van der Waals surface area contributed by atoms with Crippen LogP contribution in [0.5, 0.6) is 5.75 Å². The van der Waals surface area contributed by atoms with Crippen molar-refractivity contribution in [1.82, 2.24) is 0 Å². The Kier molecular flexibility index (Phi) is 3.66. The molecule has 90 valence electrons. The van der Waals surface area contributed by atoms with Crippen LogP contribution in [-0.4, -0.2) is 11.7 Å². The highest BCUT2D eigenvalue weighted by Crippen LogP contribution is 2.21. The number of hydrogen-bond donors (Lipinski definition) is 1. The van der Waals surface area contributed by atoms with Crippen LogP contribution in [-0.2, 0) is 0 Å². The first kappa shape index (κ1) is 12.0. The molecule has 0 fully saturated rings. The Morgan fingerprint density at radius 1 is 1.35 bits per heavy atom. The van der Waals surface area contributed by atoms with E-state index in [0.29, 0.717) is 11.5 Å². The molecule has 0 saturated carbocycles. The third-order valence-corrected chi connectivity index (χ3v) is 2.33. The van der Waals surface area contributed by atoms with Gasteiger partial charge in [-0.05, 0) is 35.9 Å². The van der Waals surface area contributed by atoms with Crippen molar-refractivity contribution in [3.63, 3.8) is 0 Å². The van der Waals surface area contributed by atoms with Crippen molar-refractivity contribution in [1.29, 1.82) is 0 Å². The lowest BCUT2D eigenvalue weighted by Crippen LogP contribution is -2.08. The summed E-state index contributed by atoms with van der Waals surface area (Å²) in [5, 5.41) is 9.89. The van der Waals surface area contributed by atoms with Crippen molar-refractivity contribution in [3.8, 4) is 5.75 Å². The topological polar surface area (TPSA) is 42.6 Å². The molecule has 0 amide bonds. The van der Waals surface area contributed by atoms with E-state index in [9.17, 15) is 9.50 Å². The van der Waals surface area contributed by atoms with Crippen LogP contribution in [0.25, 0.3) is 0 Å². The van der Waals surface area contributed by atoms with E-state index >= 15 is 0 Å². The summed E-state index contributed by atoms with van der Waals surface area (Å²) in [5.41, 5.74) is 0. The zero-order valence-corrected chi connectivity index (χ0v) is 9.52. The third-order valence-electron chi connectivity index (χ3n) is 2.13. The molecule has 0 aliphatic rings. The zero-order chi connectivity index (χ0) is 12.3. The number of hydrogen-bond acceptors (Lipinski definition) is 3. The van der Waals surface area contributed by atoms with E-state index in [-0.39, 0.29) is 11.8 Å². The smallest absolute Gasteiger partial charge is 0.193 e. The van der Waals surface area contributed by atoms with Crippen LogP contribution >= 0.6 is 11.6 Å².